The number of hydrogen-bond donors (Lipinski definition) is 2. The molecule has 1 unspecified atom stereocenters. The summed E-state index contributed by atoms with van der Waals surface area (Å²) in [6.07, 6.45) is 1.53. The molecule has 0 saturated heterocycles. The van der Waals surface area contributed by atoms with Crippen molar-refractivity contribution in [3.05, 3.63) is 12.2 Å². The lowest BCUT2D eigenvalue weighted by Gasteiger charge is -2.21. The van der Waals surface area contributed by atoms with Crippen molar-refractivity contribution in [2.75, 3.05) is 0 Å². The maximum atomic E-state index is 11.2. The zero-order valence-electron chi connectivity index (χ0n) is 7.67. The third kappa shape index (κ3) is 2.19. The number of nitrogens with zero attached hydrogens (tertiary/aromatic N) is 1. The molecule has 1 aliphatic rings. The Balaban J connectivity index is 2.90. The zero-order chi connectivity index (χ0) is 11.6. The van der Waals surface area contributed by atoms with Gasteiger partial charge in [-0.3, -0.25) is 24.1 Å². The topological polar surface area (TPSA) is 124 Å². The van der Waals surface area contributed by atoms with E-state index in [9.17, 15) is 19.2 Å². The minimum atomic E-state index is -1.31. The highest BCUT2D eigenvalue weighted by molar-refractivity contribution is 6.15. The third-order valence-electron chi connectivity index (χ3n) is 1.88. The molecule has 0 aromatic rings. The van der Waals surface area contributed by atoms with Crippen LogP contribution in [0.2, 0.25) is 0 Å². The summed E-state index contributed by atoms with van der Waals surface area (Å²) in [4.78, 5) is 44.5. The molecule has 0 saturated carbocycles. The van der Waals surface area contributed by atoms with Gasteiger partial charge in [-0.25, -0.2) is 0 Å². The van der Waals surface area contributed by atoms with Crippen LogP contribution in [0, 0.1) is 0 Å². The highest BCUT2D eigenvalue weighted by Crippen LogP contribution is 2.11. The number of hydrogen-bond acceptors (Lipinski definition) is 4. The van der Waals surface area contributed by atoms with Crippen molar-refractivity contribution in [1.29, 1.82) is 0 Å². The minimum absolute atomic E-state index is 0.464. The van der Waals surface area contributed by atoms with Crippen molar-refractivity contribution in [3.8, 4) is 0 Å². The average molecular weight is 211 g/mol. The van der Waals surface area contributed by atoms with Gasteiger partial charge in [0.2, 0.25) is 11.8 Å². The van der Waals surface area contributed by atoms with Gasteiger partial charge >= 0.3 is 0 Å². The van der Waals surface area contributed by atoms with Crippen LogP contribution >= 0.6 is 0 Å². The Morgan fingerprint density at radius 2 is 1.67 bits per heavy atom. The van der Waals surface area contributed by atoms with E-state index < -0.39 is 36.1 Å². The Hall–Kier alpha value is -2.18. The van der Waals surface area contributed by atoms with E-state index >= 15 is 0 Å². The number of rotatable bonds is 4. The van der Waals surface area contributed by atoms with Crippen molar-refractivity contribution in [3.63, 3.8) is 0 Å². The maximum Gasteiger partial charge on any atom is 0.254 e. The largest absolute Gasteiger partial charge is 0.370 e. The first-order chi connectivity index (χ1) is 6.93. The lowest BCUT2D eigenvalue weighted by Crippen LogP contribution is -2.49. The van der Waals surface area contributed by atoms with Gasteiger partial charge in [-0.15, -0.1) is 0 Å². The van der Waals surface area contributed by atoms with Gasteiger partial charge < -0.3 is 11.5 Å². The second kappa shape index (κ2) is 3.91. The Labute approximate surface area is 84.7 Å². The molecule has 1 aliphatic heterocycles. The van der Waals surface area contributed by atoms with E-state index in [1.165, 1.54) is 0 Å². The maximum absolute atomic E-state index is 11.2. The predicted octanol–water partition coefficient (Wildman–Crippen LogP) is -2.36. The van der Waals surface area contributed by atoms with Gasteiger partial charge in [0.05, 0.1) is 6.42 Å². The number of amides is 4. The Bertz CT molecular complexity index is 356. The lowest BCUT2D eigenvalue weighted by atomic mass is 10.1. The van der Waals surface area contributed by atoms with Gasteiger partial charge in [-0.2, -0.15) is 0 Å². The molecule has 0 radical (unpaired) electrons. The summed E-state index contributed by atoms with van der Waals surface area (Å²) in [5, 5.41) is 0. The Morgan fingerprint density at radius 1 is 1.20 bits per heavy atom. The van der Waals surface area contributed by atoms with E-state index in [2.05, 4.69) is 0 Å². The molecule has 4 N–H and O–H groups in total. The van der Waals surface area contributed by atoms with Crippen molar-refractivity contribution in [1.82, 2.24) is 4.90 Å². The van der Waals surface area contributed by atoms with Crippen LogP contribution < -0.4 is 11.5 Å². The highest BCUT2D eigenvalue weighted by atomic mass is 16.2. The smallest absolute Gasteiger partial charge is 0.254 e. The molecule has 0 fully saturated rings. The van der Waals surface area contributed by atoms with Crippen LogP contribution in [0.4, 0.5) is 0 Å². The number of carbonyl (C=O) groups is 4. The first-order valence-electron chi connectivity index (χ1n) is 4.06. The highest BCUT2D eigenvalue weighted by Gasteiger charge is 2.35. The van der Waals surface area contributed by atoms with E-state index in [0.29, 0.717) is 4.90 Å². The van der Waals surface area contributed by atoms with Crippen LogP contribution in [0.1, 0.15) is 6.42 Å². The van der Waals surface area contributed by atoms with Crippen LogP contribution in [0.15, 0.2) is 12.2 Å². The summed E-state index contributed by atoms with van der Waals surface area (Å²) in [6.45, 7) is 0. The summed E-state index contributed by atoms with van der Waals surface area (Å²) in [7, 11) is 0. The fourth-order valence-corrected chi connectivity index (χ4v) is 1.23. The van der Waals surface area contributed by atoms with Crippen molar-refractivity contribution in [2.24, 2.45) is 11.5 Å². The van der Waals surface area contributed by atoms with Gasteiger partial charge in [0.25, 0.3) is 11.8 Å². The Kier molecular flexibility index (Phi) is 2.84. The molecule has 7 heteroatoms. The van der Waals surface area contributed by atoms with Crippen LogP contribution in [0.25, 0.3) is 0 Å². The van der Waals surface area contributed by atoms with Crippen LogP contribution in [-0.4, -0.2) is 34.6 Å². The molecule has 0 bridgehead atoms. The van der Waals surface area contributed by atoms with Gasteiger partial charge in [0, 0.05) is 12.2 Å². The first kappa shape index (κ1) is 10.9. The Morgan fingerprint density at radius 3 is 2.00 bits per heavy atom. The van der Waals surface area contributed by atoms with E-state index in [0.717, 1.165) is 12.2 Å². The summed E-state index contributed by atoms with van der Waals surface area (Å²) in [5.41, 5.74) is 9.84. The van der Waals surface area contributed by atoms with Crippen LogP contribution in [0.5, 0.6) is 0 Å². The minimum Gasteiger partial charge on any atom is -0.370 e. The number of imide groups is 1. The van der Waals surface area contributed by atoms with Gasteiger partial charge in [-0.05, 0) is 0 Å². The summed E-state index contributed by atoms with van der Waals surface area (Å²) >= 11 is 0. The third-order valence-corrected chi connectivity index (χ3v) is 1.88. The van der Waals surface area contributed by atoms with E-state index in [1.807, 2.05) is 0 Å². The standard InChI is InChI=1S/C8H9N3O4/c9-5(12)3-4(8(10)15)11-6(13)1-2-7(11)14/h1-2,4H,3H2,(H2,9,12)(H2,10,15). The van der Waals surface area contributed by atoms with E-state index in [-0.39, 0.29) is 0 Å². The summed E-state index contributed by atoms with van der Waals surface area (Å²) in [6, 6.07) is -1.31. The first-order valence-corrected chi connectivity index (χ1v) is 4.06. The fraction of sp³-hybridized carbons (Fsp3) is 0.250. The molecular weight excluding hydrogens is 202 g/mol. The number of nitrogens with two attached hydrogens (primary N) is 2. The average Bonchev–Trinajstić information content (AvgIpc) is 2.42. The number of carbonyl (C=O) groups excluding carboxylic acids is 4. The van der Waals surface area contributed by atoms with Crippen LogP contribution in [0.3, 0.4) is 0 Å². The quantitative estimate of drug-likeness (QED) is 0.505. The monoisotopic (exact) mass is 211 g/mol. The van der Waals surface area contributed by atoms with Crippen LogP contribution in [-0.2, 0) is 19.2 Å². The van der Waals surface area contributed by atoms with E-state index in [4.69, 9.17) is 11.5 Å². The van der Waals surface area contributed by atoms with Crippen molar-refractivity contribution >= 4 is 23.6 Å². The second-order valence-corrected chi connectivity index (χ2v) is 2.97. The normalized spacial score (nSPS) is 16.9. The second-order valence-electron chi connectivity index (χ2n) is 2.97. The molecule has 1 rings (SSSR count). The van der Waals surface area contributed by atoms with E-state index in [1.54, 1.807) is 0 Å². The lowest BCUT2D eigenvalue weighted by molar-refractivity contribution is -0.145. The number of primary amides is 2. The predicted molar refractivity (Wildman–Crippen MR) is 47.8 cm³/mol. The van der Waals surface area contributed by atoms with Crippen molar-refractivity contribution < 1.29 is 19.2 Å². The van der Waals surface area contributed by atoms with Gasteiger partial charge in [0.1, 0.15) is 6.04 Å². The van der Waals surface area contributed by atoms with Gasteiger partial charge in [0.15, 0.2) is 0 Å². The summed E-state index contributed by atoms with van der Waals surface area (Å²) in [5.74, 6) is -3.11. The molecule has 15 heavy (non-hydrogen) atoms. The SMILES string of the molecule is NC(=O)CC(C(N)=O)N1C(=O)C=CC1=O. The molecule has 1 heterocycles. The molecule has 0 aromatic heterocycles. The molecule has 0 spiro atoms. The molecule has 7 nitrogen and oxygen atoms in total. The van der Waals surface area contributed by atoms with Crippen molar-refractivity contribution in [2.45, 2.75) is 12.5 Å². The van der Waals surface area contributed by atoms with Gasteiger partial charge in [-0.1, -0.05) is 0 Å². The molecular formula is C8H9N3O4. The molecule has 80 valence electrons. The molecule has 1 atom stereocenters. The zero-order valence-corrected chi connectivity index (χ0v) is 7.67. The molecule has 0 aromatic carbocycles. The fourth-order valence-electron chi connectivity index (χ4n) is 1.23. The summed E-state index contributed by atoms with van der Waals surface area (Å²) < 4.78 is 0. The molecule has 4 amide bonds. The molecule has 0 aliphatic carbocycles.